The predicted octanol–water partition coefficient (Wildman–Crippen LogP) is 1.79. The normalized spacial score (nSPS) is 11.5. The highest BCUT2D eigenvalue weighted by Gasteiger charge is 2.27. The monoisotopic (exact) mass is 335 g/mol. The molecule has 0 bridgehead atoms. The summed E-state index contributed by atoms with van der Waals surface area (Å²) >= 11 is 0. The van der Waals surface area contributed by atoms with Crippen LogP contribution in [0.2, 0.25) is 0 Å². The van der Waals surface area contributed by atoms with Crippen molar-refractivity contribution < 1.29 is 22.0 Å². The second-order valence-corrected chi connectivity index (χ2v) is 6.40. The van der Waals surface area contributed by atoms with Crippen LogP contribution in [0.25, 0.3) is 0 Å². The molecule has 0 saturated carbocycles. The van der Waals surface area contributed by atoms with E-state index in [1.807, 2.05) is 6.92 Å². The van der Waals surface area contributed by atoms with Gasteiger partial charge in [-0.25, -0.2) is 8.42 Å². The van der Waals surface area contributed by atoms with Crippen LogP contribution in [0, 0.1) is 0 Å². The molecule has 0 fully saturated rings. The number of hydrogen-bond acceptors (Lipinski definition) is 5. The van der Waals surface area contributed by atoms with Crippen LogP contribution in [0.15, 0.2) is 23.1 Å². The fraction of sp³-hybridized carbons (Fsp3) is 0.462. The van der Waals surface area contributed by atoms with Gasteiger partial charge in [0.05, 0.1) is 16.3 Å². The number of benzene rings is 1. The lowest BCUT2D eigenvalue weighted by atomic mass is 10.2. The lowest BCUT2D eigenvalue weighted by Gasteiger charge is -2.14. The average molecular weight is 335 g/mol. The van der Waals surface area contributed by atoms with Gasteiger partial charge in [-0.3, -0.25) is 4.79 Å². The molecule has 0 unspecified atom stereocenters. The number of carbonyl (C=O) groups is 1. The third kappa shape index (κ3) is 4.63. The molecule has 1 aromatic rings. The molecule has 124 valence electrons. The summed E-state index contributed by atoms with van der Waals surface area (Å²) in [5.74, 6) is -3.88. The minimum absolute atomic E-state index is 0.144. The van der Waals surface area contributed by atoms with Crippen molar-refractivity contribution >= 4 is 27.1 Å². The molecule has 0 aromatic heterocycles. The van der Waals surface area contributed by atoms with Crippen molar-refractivity contribution in [3.8, 4) is 0 Å². The van der Waals surface area contributed by atoms with Crippen LogP contribution in [0.4, 0.5) is 20.2 Å². The van der Waals surface area contributed by atoms with Gasteiger partial charge in [0, 0.05) is 13.0 Å². The van der Waals surface area contributed by atoms with Crippen molar-refractivity contribution in [3.05, 3.63) is 18.2 Å². The zero-order valence-electron chi connectivity index (χ0n) is 12.1. The number of sulfone groups is 1. The Morgan fingerprint density at radius 2 is 2.00 bits per heavy atom. The molecule has 4 N–H and O–H groups in total. The molecule has 1 aromatic carbocycles. The Hall–Kier alpha value is -1.74. The maximum absolute atomic E-state index is 12.6. The number of nitrogens with two attached hydrogens (primary N) is 1. The first-order valence-electron chi connectivity index (χ1n) is 6.72. The summed E-state index contributed by atoms with van der Waals surface area (Å²) in [6, 6.07) is 3.45. The molecule has 0 aliphatic carbocycles. The quantitative estimate of drug-likeness (QED) is 0.672. The Kier molecular flexibility index (Phi) is 6.69. The minimum Gasteiger partial charge on any atom is -0.384 e. The molecule has 22 heavy (non-hydrogen) atoms. The van der Waals surface area contributed by atoms with E-state index < -0.39 is 20.5 Å². The summed E-state index contributed by atoms with van der Waals surface area (Å²) in [5.41, 5.74) is 5.91. The molecular weight excluding hydrogens is 316 g/mol. The molecule has 9 heteroatoms. The highest BCUT2D eigenvalue weighted by atomic mass is 32.2. The lowest BCUT2D eigenvalue weighted by molar-refractivity contribution is -0.116. The van der Waals surface area contributed by atoms with Gasteiger partial charge in [-0.05, 0) is 38.1 Å². The highest BCUT2D eigenvalue weighted by Crippen LogP contribution is 2.28. The Balaban J connectivity index is 3.13. The summed E-state index contributed by atoms with van der Waals surface area (Å²) < 4.78 is 48.2. The van der Waals surface area contributed by atoms with E-state index in [0.717, 1.165) is 12.1 Å². The second kappa shape index (κ2) is 8.04. The van der Waals surface area contributed by atoms with Gasteiger partial charge in [-0.2, -0.15) is 8.78 Å². The molecule has 0 spiro atoms. The summed E-state index contributed by atoms with van der Waals surface area (Å²) in [6.07, 6.45) is 0.630. The minimum atomic E-state index is -4.72. The van der Waals surface area contributed by atoms with E-state index in [0.29, 0.717) is 25.2 Å². The van der Waals surface area contributed by atoms with Crippen molar-refractivity contribution in [2.24, 2.45) is 5.73 Å². The van der Waals surface area contributed by atoms with Gasteiger partial charge in [0.25, 0.3) is 0 Å². The predicted molar refractivity (Wildman–Crippen MR) is 80.7 cm³/mol. The topological polar surface area (TPSA) is 101 Å². The fourth-order valence-electron chi connectivity index (χ4n) is 1.73. The average Bonchev–Trinajstić information content (AvgIpc) is 2.46. The molecule has 0 heterocycles. The Morgan fingerprint density at radius 1 is 1.32 bits per heavy atom. The third-order valence-electron chi connectivity index (χ3n) is 2.80. The fourth-order valence-corrected chi connectivity index (χ4v) is 2.47. The molecule has 0 radical (unpaired) electrons. The van der Waals surface area contributed by atoms with Gasteiger partial charge in [-0.15, -0.1) is 0 Å². The largest absolute Gasteiger partial charge is 0.384 e. The van der Waals surface area contributed by atoms with Gasteiger partial charge in [0.15, 0.2) is 0 Å². The van der Waals surface area contributed by atoms with Gasteiger partial charge in [-0.1, -0.05) is 0 Å². The number of rotatable bonds is 8. The number of alkyl halides is 2. The smallest absolute Gasteiger partial charge is 0.341 e. The van der Waals surface area contributed by atoms with E-state index in [4.69, 9.17) is 5.73 Å². The summed E-state index contributed by atoms with van der Waals surface area (Å²) in [7, 11) is -4.72. The number of nitrogens with one attached hydrogen (secondary N) is 2. The first-order valence-corrected chi connectivity index (χ1v) is 8.27. The van der Waals surface area contributed by atoms with Crippen molar-refractivity contribution in [3.63, 3.8) is 0 Å². The maximum Gasteiger partial charge on any atom is 0.341 e. The van der Waals surface area contributed by atoms with E-state index in [2.05, 4.69) is 10.6 Å². The van der Waals surface area contributed by atoms with Crippen LogP contribution in [0.5, 0.6) is 0 Å². The number of carbonyl (C=O) groups excluding carboxylic acids is 1. The molecule has 0 atom stereocenters. The molecule has 0 saturated heterocycles. The number of halogens is 2. The third-order valence-corrected chi connectivity index (χ3v) is 4.18. The van der Waals surface area contributed by atoms with Gasteiger partial charge >= 0.3 is 5.76 Å². The first kappa shape index (κ1) is 18.3. The van der Waals surface area contributed by atoms with Crippen LogP contribution >= 0.6 is 0 Å². The van der Waals surface area contributed by atoms with E-state index in [9.17, 15) is 22.0 Å². The zero-order chi connectivity index (χ0) is 16.8. The molecule has 0 aliphatic heterocycles. The van der Waals surface area contributed by atoms with Crippen molar-refractivity contribution in [1.82, 2.24) is 0 Å². The van der Waals surface area contributed by atoms with Crippen molar-refractivity contribution in [2.75, 3.05) is 23.7 Å². The van der Waals surface area contributed by atoms with Gasteiger partial charge < -0.3 is 16.4 Å². The van der Waals surface area contributed by atoms with Crippen LogP contribution < -0.4 is 16.4 Å². The van der Waals surface area contributed by atoms with Gasteiger partial charge in [0.2, 0.25) is 15.7 Å². The lowest BCUT2D eigenvalue weighted by Crippen LogP contribution is -2.16. The first-order chi connectivity index (χ1) is 10.3. The molecule has 6 nitrogen and oxygen atoms in total. The maximum atomic E-state index is 12.6. The zero-order valence-corrected chi connectivity index (χ0v) is 12.9. The summed E-state index contributed by atoms with van der Waals surface area (Å²) in [6.45, 7) is 2.67. The summed E-state index contributed by atoms with van der Waals surface area (Å²) in [5, 5.41) is 5.44. The van der Waals surface area contributed by atoms with Crippen LogP contribution in [0.1, 0.15) is 19.8 Å². The highest BCUT2D eigenvalue weighted by molar-refractivity contribution is 7.91. The second-order valence-electron chi connectivity index (χ2n) is 4.48. The van der Waals surface area contributed by atoms with Crippen molar-refractivity contribution in [2.45, 2.75) is 30.4 Å². The van der Waals surface area contributed by atoms with Crippen LogP contribution in [-0.2, 0) is 14.6 Å². The number of anilines is 2. The molecule has 0 aliphatic rings. The Morgan fingerprint density at radius 3 is 2.55 bits per heavy atom. The van der Waals surface area contributed by atoms with Crippen molar-refractivity contribution in [1.29, 1.82) is 0 Å². The van der Waals surface area contributed by atoms with Crippen LogP contribution in [0.3, 0.4) is 0 Å². The molecule has 1 amide bonds. The van der Waals surface area contributed by atoms with E-state index in [1.54, 1.807) is 0 Å². The SMILES string of the molecule is CCNc1ccc(S(=O)(=O)C(F)F)cc1NC(=O)CCCN. The standard InChI is InChI=1S/C13H19F2N3O3S/c1-2-17-10-6-5-9(22(20,21)13(14)15)8-11(10)18-12(19)4-3-7-16/h5-6,8,13,17H,2-4,7,16H2,1H3,(H,18,19). The number of hydrogen-bond donors (Lipinski definition) is 3. The Bertz CT molecular complexity index is 621. The van der Waals surface area contributed by atoms with Gasteiger partial charge in [0.1, 0.15) is 0 Å². The Labute approximate surface area is 128 Å². The van der Waals surface area contributed by atoms with E-state index in [-0.39, 0.29) is 18.0 Å². The van der Waals surface area contributed by atoms with Crippen LogP contribution in [-0.4, -0.2) is 33.2 Å². The summed E-state index contributed by atoms with van der Waals surface area (Å²) in [4.78, 5) is 11.2. The molecular formula is C13H19F2N3O3S. The van der Waals surface area contributed by atoms with E-state index >= 15 is 0 Å². The molecule has 1 rings (SSSR count). The number of amides is 1. The van der Waals surface area contributed by atoms with E-state index in [1.165, 1.54) is 6.07 Å².